The predicted molar refractivity (Wildman–Crippen MR) is 146 cm³/mol. The zero-order valence-electron chi connectivity index (χ0n) is 22.3. The largest absolute Gasteiger partial charge is 0.478 e. The zero-order chi connectivity index (χ0) is 28.8. The molecule has 1 saturated carbocycles. The number of nitrogens with zero attached hydrogens (tertiary/aromatic N) is 6. The summed E-state index contributed by atoms with van der Waals surface area (Å²) in [6.45, 7) is 6.38. The van der Waals surface area contributed by atoms with E-state index in [1.54, 1.807) is 12.4 Å². The molecule has 12 heteroatoms. The molecule has 3 heterocycles. The van der Waals surface area contributed by atoms with Gasteiger partial charge in [-0.05, 0) is 63.4 Å². The lowest BCUT2D eigenvalue weighted by Gasteiger charge is -2.13. The standard InChI is InChI=1S/C24H26FN7.C4H4O4/c1-15(2)32-14-28-30-24(32)20-5-4-6-23(29-20)26-11-18-10-22(16(3)9-19(18)25)31-12-21(27-13-31)17-7-8-17;5-3(6)1-2-4(7)8/h4-6,9-10,12-15,17H,7-8,11H2,1-3H3,(H,26,29);1-2H,(H,5,6)(H,7,8)/b;2-1+. The van der Waals surface area contributed by atoms with Crippen molar-refractivity contribution in [2.75, 3.05) is 5.32 Å². The van der Waals surface area contributed by atoms with E-state index in [0.29, 0.717) is 41.8 Å². The molecule has 0 amide bonds. The molecule has 11 nitrogen and oxygen atoms in total. The number of carboxylic acids is 2. The highest BCUT2D eigenvalue weighted by Gasteiger charge is 2.26. The minimum Gasteiger partial charge on any atom is -0.478 e. The van der Waals surface area contributed by atoms with E-state index in [4.69, 9.17) is 10.2 Å². The van der Waals surface area contributed by atoms with Crippen molar-refractivity contribution in [1.82, 2.24) is 29.3 Å². The summed E-state index contributed by atoms with van der Waals surface area (Å²) in [7, 11) is 0. The summed E-state index contributed by atoms with van der Waals surface area (Å²) >= 11 is 0. The topological polar surface area (TPSA) is 148 Å². The van der Waals surface area contributed by atoms with Crippen LogP contribution < -0.4 is 5.32 Å². The van der Waals surface area contributed by atoms with Crippen molar-refractivity contribution in [3.63, 3.8) is 0 Å². The molecule has 0 spiro atoms. The van der Waals surface area contributed by atoms with Gasteiger partial charge < -0.3 is 24.7 Å². The van der Waals surface area contributed by atoms with Crippen LogP contribution in [0.2, 0.25) is 0 Å². The summed E-state index contributed by atoms with van der Waals surface area (Å²) in [6, 6.07) is 9.36. The maximum atomic E-state index is 14.7. The highest BCUT2D eigenvalue weighted by atomic mass is 19.1. The summed E-state index contributed by atoms with van der Waals surface area (Å²) < 4.78 is 18.7. The number of hydrogen-bond donors (Lipinski definition) is 3. The third kappa shape index (κ3) is 7.16. The number of carbonyl (C=O) groups is 2. The molecule has 1 aliphatic carbocycles. The number of aliphatic carboxylic acids is 2. The Bertz CT molecular complexity index is 1520. The van der Waals surface area contributed by atoms with Crippen LogP contribution in [0.4, 0.5) is 10.2 Å². The van der Waals surface area contributed by atoms with E-state index in [2.05, 4.69) is 45.5 Å². The minimum absolute atomic E-state index is 0.224. The van der Waals surface area contributed by atoms with E-state index in [0.717, 1.165) is 22.6 Å². The number of aryl methyl sites for hydroxylation is 1. The molecule has 1 aromatic carbocycles. The number of imidazole rings is 1. The Morgan fingerprint density at radius 3 is 2.52 bits per heavy atom. The van der Waals surface area contributed by atoms with Gasteiger partial charge >= 0.3 is 11.9 Å². The van der Waals surface area contributed by atoms with Gasteiger partial charge in [0.15, 0.2) is 5.82 Å². The smallest absolute Gasteiger partial charge is 0.328 e. The lowest BCUT2D eigenvalue weighted by molar-refractivity contribution is -0.134. The highest BCUT2D eigenvalue weighted by Crippen LogP contribution is 2.39. The fraction of sp³-hybridized carbons (Fsp3) is 0.286. The van der Waals surface area contributed by atoms with E-state index in [1.165, 1.54) is 12.8 Å². The first-order valence-electron chi connectivity index (χ1n) is 12.7. The van der Waals surface area contributed by atoms with Crippen LogP contribution in [0.3, 0.4) is 0 Å². The summed E-state index contributed by atoms with van der Waals surface area (Å²) in [5, 5.41) is 27.1. The van der Waals surface area contributed by atoms with Crippen LogP contribution in [-0.2, 0) is 16.1 Å². The fourth-order valence-electron chi connectivity index (χ4n) is 3.97. The number of halogens is 1. The second kappa shape index (κ2) is 12.3. The first-order valence-corrected chi connectivity index (χ1v) is 12.7. The third-order valence-corrected chi connectivity index (χ3v) is 6.18. The van der Waals surface area contributed by atoms with Crippen LogP contribution in [0, 0.1) is 12.7 Å². The van der Waals surface area contributed by atoms with E-state index >= 15 is 0 Å². The molecule has 1 aliphatic rings. The molecular weight excluding hydrogens is 517 g/mol. The second-order valence-corrected chi connectivity index (χ2v) is 9.64. The molecule has 3 N–H and O–H groups in total. The van der Waals surface area contributed by atoms with Crippen molar-refractivity contribution < 1.29 is 24.2 Å². The van der Waals surface area contributed by atoms with Gasteiger partial charge in [0.25, 0.3) is 0 Å². The van der Waals surface area contributed by atoms with Gasteiger partial charge in [0, 0.05) is 48.1 Å². The number of carboxylic acid groups (broad SMARTS) is 2. The Morgan fingerprint density at radius 1 is 1.15 bits per heavy atom. The van der Waals surface area contributed by atoms with Crippen molar-refractivity contribution in [3.8, 4) is 17.2 Å². The molecule has 1 fully saturated rings. The molecule has 0 radical (unpaired) electrons. The lowest BCUT2D eigenvalue weighted by atomic mass is 10.1. The summed E-state index contributed by atoms with van der Waals surface area (Å²) in [6.07, 6.45) is 9.11. The Hall–Kier alpha value is -4.87. The zero-order valence-corrected chi connectivity index (χ0v) is 22.3. The van der Waals surface area contributed by atoms with Crippen LogP contribution in [-0.4, -0.2) is 51.5 Å². The summed E-state index contributed by atoms with van der Waals surface area (Å²) in [5.74, 6) is -0.810. The minimum atomic E-state index is -1.26. The van der Waals surface area contributed by atoms with Gasteiger partial charge in [-0.15, -0.1) is 10.2 Å². The number of benzene rings is 1. The SMILES string of the molecule is Cc1cc(F)c(CNc2cccc(-c3nncn3C(C)C)n2)cc1-n1cnc(C2CC2)c1.O=C(O)/C=C/C(=O)O. The predicted octanol–water partition coefficient (Wildman–Crippen LogP) is 4.76. The Kier molecular flexibility index (Phi) is 8.67. The maximum Gasteiger partial charge on any atom is 0.328 e. The molecular formula is C28H30FN7O4. The molecule has 208 valence electrons. The summed E-state index contributed by atoms with van der Waals surface area (Å²) in [5.41, 5.74) is 4.22. The van der Waals surface area contributed by atoms with E-state index in [-0.39, 0.29) is 11.9 Å². The van der Waals surface area contributed by atoms with Crippen LogP contribution >= 0.6 is 0 Å². The summed E-state index contributed by atoms with van der Waals surface area (Å²) in [4.78, 5) is 28.3. The number of anilines is 1. The molecule has 40 heavy (non-hydrogen) atoms. The molecule has 0 bridgehead atoms. The van der Waals surface area contributed by atoms with Crippen molar-refractivity contribution in [3.05, 3.63) is 84.0 Å². The van der Waals surface area contributed by atoms with Gasteiger partial charge in [-0.25, -0.2) is 23.9 Å². The molecule has 3 aromatic heterocycles. The van der Waals surface area contributed by atoms with Gasteiger partial charge in [-0.2, -0.15) is 0 Å². The quantitative estimate of drug-likeness (QED) is 0.252. The maximum absolute atomic E-state index is 14.7. The van der Waals surface area contributed by atoms with Crippen LogP contribution in [0.1, 0.15) is 55.5 Å². The van der Waals surface area contributed by atoms with E-state index < -0.39 is 11.9 Å². The van der Waals surface area contributed by atoms with Gasteiger partial charge in [-0.1, -0.05) is 6.07 Å². The fourth-order valence-corrected chi connectivity index (χ4v) is 3.97. The van der Waals surface area contributed by atoms with Crippen LogP contribution in [0.5, 0.6) is 0 Å². The average molecular weight is 548 g/mol. The monoisotopic (exact) mass is 547 g/mol. The van der Waals surface area contributed by atoms with Crippen molar-refractivity contribution in [1.29, 1.82) is 0 Å². The van der Waals surface area contributed by atoms with Gasteiger partial charge in [0.1, 0.15) is 23.7 Å². The third-order valence-electron chi connectivity index (χ3n) is 6.18. The Balaban J connectivity index is 0.000000406. The molecule has 4 aromatic rings. The lowest BCUT2D eigenvalue weighted by Crippen LogP contribution is -2.07. The number of nitrogens with one attached hydrogen (secondary N) is 1. The second-order valence-electron chi connectivity index (χ2n) is 9.64. The first kappa shape index (κ1) is 28.1. The molecule has 0 aliphatic heterocycles. The Morgan fingerprint density at radius 2 is 1.88 bits per heavy atom. The van der Waals surface area contributed by atoms with Gasteiger partial charge in [0.05, 0.1) is 12.0 Å². The number of pyridine rings is 1. The van der Waals surface area contributed by atoms with Crippen molar-refractivity contribution in [2.45, 2.75) is 52.1 Å². The Labute approximate surface area is 230 Å². The van der Waals surface area contributed by atoms with E-state index in [9.17, 15) is 14.0 Å². The number of aromatic nitrogens is 6. The number of hydrogen-bond acceptors (Lipinski definition) is 7. The van der Waals surface area contributed by atoms with Crippen LogP contribution in [0.15, 0.2) is 61.3 Å². The molecule has 0 saturated heterocycles. The van der Waals surface area contributed by atoms with Gasteiger partial charge in [0.2, 0.25) is 0 Å². The first-order chi connectivity index (χ1) is 19.1. The molecule has 0 unspecified atom stereocenters. The van der Waals surface area contributed by atoms with Crippen LogP contribution in [0.25, 0.3) is 17.2 Å². The van der Waals surface area contributed by atoms with E-state index in [1.807, 2.05) is 46.7 Å². The average Bonchev–Trinajstić information content (AvgIpc) is 3.43. The highest BCUT2D eigenvalue weighted by molar-refractivity contribution is 5.89. The van der Waals surface area contributed by atoms with Crippen molar-refractivity contribution in [2.24, 2.45) is 0 Å². The molecule has 0 atom stereocenters. The van der Waals surface area contributed by atoms with Gasteiger partial charge in [-0.3, -0.25) is 0 Å². The van der Waals surface area contributed by atoms with Crippen molar-refractivity contribution >= 4 is 17.8 Å². The normalized spacial score (nSPS) is 12.8. The molecule has 5 rings (SSSR count). The number of rotatable bonds is 9.